The van der Waals surface area contributed by atoms with Crippen molar-refractivity contribution < 1.29 is 13.6 Å². The van der Waals surface area contributed by atoms with Crippen LogP contribution in [0.25, 0.3) is 5.69 Å². The third kappa shape index (κ3) is 3.35. The lowest BCUT2D eigenvalue weighted by Gasteiger charge is -2.15. The van der Waals surface area contributed by atoms with Crippen LogP contribution in [0.15, 0.2) is 48.8 Å². The predicted molar refractivity (Wildman–Crippen MR) is 95.3 cm³/mol. The molecule has 0 aliphatic carbocycles. The quantitative estimate of drug-likeness (QED) is 0.760. The molecule has 2 aromatic heterocycles. The fourth-order valence-electron chi connectivity index (χ4n) is 3.08. The number of aromatic nitrogens is 2. The second-order valence-electron chi connectivity index (χ2n) is 6.19. The number of benzene rings is 1. The van der Waals surface area contributed by atoms with Gasteiger partial charge in [0.2, 0.25) is 0 Å². The molecule has 4 nitrogen and oxygen atoms in total. The molecule has 0 aliphatic rings. The van der Waals surface area contributed by atoms with E-state index in [1.54, 1.807) is 25.4 Å². The molecule has 1 aromatic carbocycles. The lowest BCUT2D eigenvalue weighted by Crippen LogP contribution is -2.27. The molecule has 1 atom stereocenters. The minimum absolute atomic E-state index is 0.237. The minimum Gasteiger partial charge on any atom is -0.345 e. The molecule has 3 rings (SSSR count). The molecule has 1 N–H and O–H groups in total. The summed E-state index contributed by atoms with van der Waals surface area (Å²) in [7, 11) is 0. The Labute approximate surface area is 150 Å². The number of rotatable bonds is 4. The molecule has 0 aliphatic heterocycles. The van der Waals surface area contributed by atoms with Crippen molar-refractivity contribution in [1.82, 2.24) is 14.9 Å². The highest BCUT2D eigenvalue weighted by atomic mass is 19.1. The Morgan fingerprint density at radius 2 is 1.96 bits per heavy atom. The lowest BCUT2D eigenvalue weighted by atomic mass is 10.1. The van der Waals surface area contributed by atoms with Gasteiger partial charge in [-0.1, -0.05) is 6.07 Å². The molecular weight excluding hydrogens is 336 g/mol. The average Bonchev–Trinajstić information content (AvgIpc) is 2.90. The van der Waals surface area contributed by atoms with Crippen LogP contribution in [0.1, 0.15) is 40.3 Å². The van der Waals surface area contributed by atoms with Crippen LogP contribution in [0, 0.1) is 25.5 Å². The zero-order chi connectivity index (χ0) is 18.8. The molecule has 0 bridgehead atoms. The van der Waals surface area contributed by atoms with Crippen molar-refractivity contribution >= 4 is 5.91 Å². The number of hydrogen-bond acceptors (Lipinski definition) is 2. The van der Waals surface area contributed by atoms with Crippen molar-refractivity contribution in [3.05, 3.63) is 82.9 Å². The first kappa shape index (κ1) is 17.8. The Kier molecular flexibility index (Phi) is 4.84. The number of halogens is 2. The van der Waals surface area contributed by atoms with E-state index in [1.807, 2.05) is 30.5 Å². The standard InChI is InChI=1S/C20H19F2N3O/c1-12-9-18(14(3)25(12)16-5-4-8-23-11-16)20(26)24-13(2)17-7-6-15(21)10-19(17)22/h4-11,13H,1-3H3,(H,24,26)/t13-/m0/s1. The van der Waals surface area contributed by atoms with Crippen LogP contribution in [-0.2, 0) is 0 Å². The van der Waals surface area contributed by atoms with Gasteiger partial charge in [0.25, 0.3) is 5.91 Å². The summed E-state index contributed by atoms with van der Waals surface area (Å²) in [6.45, 7) is 5.41. The summed E-state index contributed by atoms with van der Waals surface area (Å²) in [6, 6.07) is 8.25. The van der Waals surface area contributed by atoms with Crippen molar-refractivity contribution in [2.75, 3.05) is 0 Å². The molecule has 0 fully saturated rings. The third-order valence-corrected chi connectivity index (χ3v) is 4.36. The number of carbonyl (C=O) groups excluding carboxylic acids is 1. The van der Waals surface area contributed by atoms with Gasteiger partial charge in [-0.3, -0.25) is 9.78 Å². The Morgan fingerprint density at radius 3 is 2.62 bits per heavy atom. The van der Waals surface area contributed by atoms with E-state index in [1.165, 1.54) is 12.1 Å². The Morgan fingerprint density at radius 1 is 1.19 bits per heavy atom. The number of aryl methyl sites for hydroxylation is 1. The molecule has 0 spiro atoms. The van der Waals surface area contributed by atoms with Crippen molar-refractivity contribution in [1.29, 1.82) is 0 Å². The first-order valence-electron chi connectivity index (χ1n) is 8.23. The second-order valence-corrected chi connectivity index (χ2v) is 6.19. The van der Waals surface area contributed by atoms with E-state index in [0.717, 1.165) is 23.1 Å². The van der Waals surface area contributed by atoms with Gasteiger partial charge in [0.15, 0.2) is 0 Å². The van der Waals surface area contributed by atoms with Gasteiger partial charge in [0, 0.05) is 29.2 Å². The normalized spacial score (nSPS) is 12.0. The van der Waals surface area contributed by atoms with Crippen LogP contribution in [0.2, 0.25) is 0 Å². The number of nitrogens with zero attached hydrogens (tertiary/aromatic N) is 2. The smallest absolute Gasteiger partial charge is 0.253 e. The van der Waals surface area contributed by atoms with Gasteiger partial charge in [0.1, 0.15) is 11.6 Å². The van der Waals surface area contributed by atoms with E-state index >= 15 is 0 Å². The highest BCUT2D eigenvalue weighted by Gasteiger charge is 2.20. The van der Waals surface area contributed by atoms with Gasteiger partial charge in [-0.25, -0.2) is 8.78 Å². The maximum atomic E-state index is 13.9. The molecule has 0 saturated heterocycles. The van der Waals surface area contributed by atoms with Gasteiger partial charge in [0.05, 0.1) is 23.5 Å². The molecule has 134 valence electrons. The average molecular weight is 355 g/mol. The summed E-state index contributed by atoms with van der Waals surface area (Å²) in [4.78, 5) is 16.8. The van der Waals surface area contributed by atoms with Crippen molar-refractivity contribution in [2.45, 2.75) is 26.8 Å². The van der Waals surface area contributed by atoms with E-state index in [-0.39, 0.29) is 11.5 Å². The minimum atomic E-state index is -0.682. The van der Waals surface area contributed by atoms with E-state index in [4.69, 9.17) is 0 Å². The van der Waals surface area contributed by atoms with Gasteiger partial charge in [-0.2, -0.15) is 0 Å². The van der Waals surface area contributed by atoms with Gasteiger partial charge in [-0.05, 0) is 45.0 Å². The van der Waals surface area contributed by atoms with Crippen LogP contribution >= 0.6 is 0 Å². The first-order valence-corrected chi connectivity index (χ1v) is 8.23. The van der Waals surface area contributed by atoms with Crippen molar-refractivity contribution in [3.63, 3.8) is 0 Å². The summed E-state index contributed by atoms with van der Waals surface area (Å²) >= 11 is 0. The summed E-state index contributed by atoms with van der Waals surface area (Å²) < 4.78 is 28.9. The molecule has 26 heavy (non-hydrogen) atoms. The SMILES string of the molecule is Cc1cc(C(=O)N[C@@H](C)c2ccc(F)cc2F)c(C)n1-c1cccnc1. The highest BCUT2D eigenvalue weighted by Crippen LogP contribution is 2.22. The summed E-state index contributed by atoms with van der Waals surface area (Å²) in [5.74, 6) is -1.65. The molecule has 0 saturated carbocycles. The number of hydrogen-bond donors (Lipinski definition) is 1. The number of nitrogens with one attached hydrogen (secondary N) is 1. The fourth-order valence-corrected chi connectivity index (χ4v) is 3.08. The molecular formula is C20H19F2N3O. The van der Waals surface area contributed by atoms with Crippen LogP contribution < -0.4 is 5.32 Å². The van der Waals surface area contributed by atoms with Gasteiger partial charge in [-0.15, -0.1) is 0 Å². The number of pyridine rings is 1. The zero-order valence-electron chi connectivity index (χ0n) is 14.8. The summed E-state index contributed by atoms with van der Waals surface area (Å²) in [5, 5.41) is 2.78. The van der Waals surface area contributed by atoms with E-state index in [9.17, 15) is 13.6 Å². The Bertz CT molecular complexity index is 951. The zero-order valence-corrected chi connectivity index (χ0v) is 14.8. The topological polar surface area (TPSA) is 46.9 Å². The highest BCUT2D eigenvalue weighted by molar-refractivity contribution is 5.96. The van der Waals surface area contributed by atoms with E-state index in [0.29, 0.717) is 5.56 Å². The van der Waals surface area contributed by atoms with Crippen molar-refractivity contribution in [2.24, 2.45) is 0 Å². The molecule has 3 aromatic rings. The Balaban J connectivity index is 1.87. The van der Waals surface area contributed by atoms with Gasteiger partial charge < -0.3 is 9.88 Å². The number of amides is 1. The van der Waals surface area contributed by atoms with Crippen LogP contribution in [0.5, 0.6) is 0 Å². The van der Waals surface area contributed by atoms with Crippen LogP contribution in [0.4, 0.5) is 8.78 Å². The maximum absolute atomic E-state index is 13.9. The van der Waals surface area contributed by atoms with Crippen LogP contribution in [0.3, 0.4) is 0 Å². The molecule has 0 unspecified atom stereocenters. The van der Waals surface area contributed by atoms with E-state index < -0.39 is 17.7 Å². The largest absolute Gasteiger partial charge is 0.345 e. The summed E-state index contributed by atoms with van der Waals surface area (Å²) in [5.41, 5.74) is 3.25. The van der Waals surface area contributed by atoms with E-state index in [2.05, 4.69) is 10.3 Å². The first-order chi connectivity index (χ1) is 12.4. The molecule has 6 heteroatoms. The predicted octanol–water partition coefficient (Wildman–Crippen LogP) is 4.26. The monoisotopic (exact) mass is 355 g/mol. The second kappa shape index (κ2) is 7.07. The number of carbonyl (C=O) groups is 1. The molecule has 2 heterocycles. The fraction of sp³-hybridized carbons (Fsp3) is 0.200. The Hall–Kier alpha value is -3.02. The molecule has 1 amide bonds. The molecule has 0 radical (unpaired) electrons. The third-order valence-electron chi connectivity index (χ3n) is 4.36. The summed E-state index contributed by atoms with van der Waals surface area (Å²) in [6.07, 6.45) is 3.41. The lowest BCUT2D eigenvalue weighted by molar-refractivity contribution is 0.0939. The van der Waals surface area contributed by atoms with Gasteiger partial charge >= 0.3 is 0 Å². The maximum Gasteiger partial charge on any atom is 0.253 e. The van der Waals surface area contributed by atoms with Crippen LogP contribution in [-0.4, -0.2) is 15.5 Å². The van der Waals surface area contributed by atoms with Crippen molar-refractivity contribution in [3.8, 4) is 5.69 Å².